The lowest BCUT2D eigenvalue weighted by atomic mass is 10.00. The fourth-order valence-corrected chi connectivity index (χ4v) is 3.26. The number of carbonyl (C=O) groups is 1. The highest BCUT2D eigenvalue weighted by Gasteiger charge is 2.46. The fourth-order valence-electron chi connectivity index (χ4n) is 3.26. The van der Waals surface area contributed by atoms with Crippen molar-refractivity contribution in [3.05, 3.63) is 48.3 Å². The number of benzene rings is 1. The van der Waals surface area contributed by atoms with Gasteiger partial charge in [0.05, 0.1) is 11.2 Å². The predicted octanol–water partition coefficient (Wildman–Crippen LogP) is 1.83. The SMILES string of the molecule is S.S.[2H]c1nc(N)c2nc(-c3cccc(C#C[C@]4(O)C[C@H](C)N(C)C4=O)c3)ccc2n1. The number of hydrogen-bond donors (Lipinski definition) is 2. The zero-order valence-electron chi connectivity index (χ0n) is 17.5. The van der Waals surface area contributed by atoms with E-state index in [2.05, 4.69) is 26.8 Å². The Labute approximate surface area is 190 Å². The van der Waals surface area contributed by atoms with Crippen LogP contribution in [0.25, 0.3) is 22.3 Å². The molecule has 3 N–H and O–H groups in total. The number of carbonyl (C=O) groups excluding carboxylic acids is 1. The van der Waals surface area contributed by atoms with Crippen molar-refractivity contribution in [2.75, 3.05) is 12.8 Å². The van der Waals surface area contributed by atoms with E-state index in [0.29, 0.717) is 22.3 Å². The Bertz CT molecular complexity index is 1210. The molecule has 2 aromatic heterocycles. The van der Waals surface area contributed by atoms with Gasteiger partial charge in [-0.05, 0) is 31.2 Å². The lowest BCUT2D eigenvalue weighted by Gasteiger charge is -2.14. The number of nitrogens with two attached hydrogens (primary N) is 1. The second-order valence-electron chi connectivity index (χ2n) is 6.93. The molecule has 1 amide bonds. The topological polar surface area (TPSA) is 105 Å². The number of anilines is 1. The normalized spacial score (nSPS) is 20.6. The molecule has 3 aromatic rings. The molecule has 1 aliphatic heterocycles. The number of rotatable bonds is 1. The molecule has 1 saturated heterocycles. The van der Waals surface area contributed by atoms with Crippen molar-refractivity contribution in [2.45, 2.75) is 25.0 Å². The highest BCUT2D eigenvalue weighted by Crippen LogP contribution is 2.27. The number of aliphatic hydroxyl groups is 1. The van der Waals surface area contributed by atoms with Crippen LogP contribution in [0.5, 0.6) is 0 Å². The Morgan fingerprint density at radius 1 is 1.30 bits per heavy atom. The number of aromatic nitrogens is 3. The molecular weight excluding hydrogens is 418 g/mol. The lowest BCUT2D eigenvalue weighted by molar-refractivity contribution is -0.138. The summed E-state index contributed by atoms with van der Waals surface area (Å²) in [7, 11) is 1.66. The molecule has 0 unspecified atom stereocenters. The van der Waals surface area contributed by atoms with Crippen LogP contribution >= 0.6 is 27.0 Å². The van der Waals surface area contributed by atoms with E-state index in [1.165, 1.54) is 4.90 Å². The van der Waals surface area contributed by atoms with Crippen LogP contribution in [0, 0.1) is 11.8 Å². The molecule has 7 nitrogen and oxygen atoms in total. The van der Waals surface area contributed by atoms with Crippen LogP contribution < -0.4 is 5.73 Å². The molecule has 1 aromatic carbocycles. The second-order valence-corrected chi connectivity index (χ2v) is 6.93. The largest absolute Gasteiger partial charge is 0.382 e. The summed E-state index contributed by atoms with van der Waals surface area (Å²) in [4.78, 5) is 26.1. The molecule has 156 valence electrons. The summed E-state index contributed by atoms with van der Waals surface area (Å²) in [5, 5.41) is 10.6. The first kappa shape index (κ1) is 21.9. The molecular formula is C21H23N5O2S2. The zero-order chi connectivity index (χ0) is 20.8. The van der Waals surface area contributed by atoms with E-state index in [1.807, 2.05) is 25.1 Å². The van der Waals surface area contributed by atoms with Crippen LogP contribution in [0.3, 0.4) is 0 Å². The molecule has 9 heteroatoms. The van der Waals surface area contributed by atoms with Crippen LogP contribution in [0.4, 0.5) is 5.82 Å². The van der Waals surface area contributed by atoms with Crippen molar-refractivity contribution < 1.29 is 11.3 Å². The van der Waals surface area contributed by atoms with Crippen LogP contribution in [0.1, 0.15) is 20.3 Å². The summed E-state index contributed by atoms with van der Waals surface area (Å²) in [6.45, 7) is 1.88. The van der Waals surface area contributed by atoms with E-state index < -0.39 is 5.60 Å². The van der Waals surface area contributed by atoms with E-state index >= 15 is 0 Å². The van der Waals surface area contributed by atoms with Gasteiger partial charge in [-0.1, -0.05) is 24.0 Å². The van der Waals surface area contributed by atoms with Gasteiger partial charge in [0.25, 0.3) is 5.91 Å². The first-order valence-corrected chi connectivity index (χ1v) is 8.81. The highest BCUT2D eigenvalue weighted by atomic mass is 32.1. The lowest BCUT2D eigenvalue weighted by Crippen LogP contribution is -2.37. The van der Waals surface area contributed by atoms with Gasteiger partial charge < -0.3 is 15.7 Å². The number of nitrogens with zero attached hydrogens (tertiary/aromatic N) is 4. The molecule has 4 rings (SSSR count). The summed E-state index contributed by atoms with van der Waals surface area (Å²) in [6.07, 6.45) is 0.125. The number of amides is 1. The Hall–Kier alpha value is -2.80. The van der Waals surface area contributed by atoms with Crippen LogP contribution in [0.2, 0.25) is 0 Å². The van der Waals surface area contributed by atoms with E-state index in [9.17, 15) is 9.90 Å². The third kappa shape index (κ3) is 4.21. The molecule has 0 bridgehead atoms. The standard InChI is InChI=1S/C21H19N5O2.2H2S/c1-13-11-21(28,20(27)26(13)2)9-8-14-4-3-5-15(10-14)16-6-7-17-18(25-16)19(22)24-12-23-17;;/h3-7,10,12-13,28H,11H2,1-2H3,(H2,22,23,24);2*1H2/t13-,21-;;/m0../s1/i12D;;. The molecule has 2 atom stereocenters. The number of likely N-dealkylation sites (tertiary alicyclic amines) is 1. The van der Waals surface area contributed by atoms with Gasteiger partial charge >= 0.3 is 0 Å². The number of hydrogen-bond acceptors (Lipinski definition) is 6. The van der Waals surface area contributed by atoms with E-state index in [4.69, 9.17) is 7.10 Å². The summed E-state index contributed by atoms with van der Waals surface area (Å²) in [5.74, 6) is 5.43. The van der Waals surface area contributed by atoms with E-state index in [-0.39, 0.29) is 57.5 Å². The third-order valence-electron chi connectivity index (χ3n) is 4.96. The van der Waals surface area contributed by atoms with Gasteiger partial charge in [0.15, 0.2) is 5.82 Å². The minimum Gasteiger partial charge on any atom is -0.382 e. The first-order valence-electron chi connectivity index (χ1n) is 9.31. The molecule has 30 heavy (non-hydrogen) atoms. The van der Waals surface area contributed by atoms with Crippen LogP contribution in [-0.4, -0.2) is 49.6 Å². The number of nitrogen functional groups attached to an aromatic ring is 1. The molecule has 0 radical (unpaired) electrons. The predicted molar refractivity (Wildman–Crippen MR) is 127 cm³/mol. The summed E-state index contributed by atoms with van der Waals surface area (Å²) < 4.78 is 7.54. The minimum atomic E-state index is -1.66. The van der Waals surface area contributed by atoms with Crippen molar-refractivity contribution in [3.63, 3.8) is 0 Å². The van der Waals surface area contributed by atoms with Crippen molar-refractivity contribution in [1.29, 1.82) is 0 Å². The molecule has 0 aliphatic carbocycles. The maximum atomic E-state index is 12.3. The second kappa shape index (κ2) is 8.92. The van der Waals surface area contributed by atoms with Gasteiger partial charge in [-0.25, -0.2) is 15.0 Å². The van der Waals surface area contributed by atoms with Crippen LogP contribution in [-0.2, 0) is 4.79 Å². The molecule has 1 fully saturated rings. The Morgan fingerprint density at radius 2 is 2.07 bits per heavy atom. The Morgan fingerprint density at radius 3 is 2.77 bits per heavy atom. The van der Waals surface area contributed by atoms with E-state index in [1.54, 1.807) is 25.2 Å². The Kier molecular flexibility index (Phi) is 6.51. The van der Waals surface area contributed by atoms with Gasteiger partial charge in [-0.2, -0.15) is 27.0 Å². The summed E-state index contributed by atoms with van der Waals surface area (Å²) >= 11 is 0. The van der Waals surface area contributed by atoms with Crippen molar-refractivity contribution in [3.8, 4) is 23.1 Å². The molecule has 3 heterocycles. The number of likely N-dealkylation sites (N-methyl/N-ethyl adjacent to an activating group) is 1. The third-order valence-corrected chi connectivity index (χ3v) is 4.96. The van der Waals surface area contributed by atoms with Gasteiger partial charge in [-0.15, -0.1) is 0 Å². The molecule has 1 aliphatic rings. The molecule has 0 saturated carbocycles. The van der Waals surface area contributed by atoms with E-state index in [0.717, 1.165) is 5.56 Å². The summed E-state index contributed by atoms with van der Waals surface area (Å²) in [5.41, 5.74) is 7.25. The molecule has 0 spiro atoms. The Balaban J connectivity index is 0.00000171. The van der Waals surface area contributed by atoms with Crippen LogP contribution in [0.15, 0.2) is 42.7 Å². The average molecular weight is 443 g/mol. The smallest absolute Gasteiger partial charge is 0.267 e. The monoisotopic (exact) mass is 442 g/mol. The zero-order valence-corrected chi connectivity index (χ0v) is 18.5. The maximum absolute atomic E-state index is 12.3. The van der Waals surface area contributed by atoms with Crippen molar-refractivity contribution >= 4 is 49.7 Å². The van der Waals surface area contributed by atoms with Crippen molar-refractivity contribution in [1.82, 2.24) is 19.9 Å². The fraction of sp³-hybridized carbons (Fsp3) is 0.238. The van der Waals surface area contributed by atoms with Gasteiger partial charge in [0, 0.05) is 30.6 Å². The number of fused-ring (bicyclic) bond motifs is 1. The van der Waals surface area contributed by atoms with Gasteiger partial charge in [0.2, 0.25) is 5.60 Å². The first-order chi connectivity index (χ1) is 13.8. The summed E-state index contributed by atoms with van der Waals surface area (Å²) in [6, 6.07) is 10.8. The average Bonchev–Trinajstić information content (AvgIpc) is 2.89. The van der Waals surface area contributed by atoms with Crippen molar-refractivity contribution in [2.24, 2.45) is 0 Å². The highest BCUT2D eigenvalue weighted by molar-refractivity contribution is 7.59. The quantitative estimate of drug-likeness (QED) is 0.557. The number of pyridine rings is 1. The van der Waals surface area contributed by atoms with Gasteiger partial charge in [-0.3, -0.25) is 4.79 Å². The maximum Gasteiger partial charge on any atom is 0.267 e. The van der Waals surface area contributed by atoms with Gasteiger partial charge in [0.1, 0.15) is 13.2 Å². The minimum absolute atomic E-state index is 0.